The van der Waals surface area contributed by atoms with E-state index in [4.69, 9.17) is 9.47 Å². The quantitative estimate of drug-likeness (QED) is 0.782. The number of H-pyrrole nitrogens is 1. The number of ether oxygens (including phenoxy) is 2. The van der Waals surface area contributed by atoms with Crippen LogP contribution in [0.5, 0.6) is 11.5 Å². The van der Waals surface area contributed by atoms with Crippen LogP contribution < -0.4 is 14.8 Å². The van der Waals surface area contributed by atoms with E-state index in [9.17, 15) is 4.79 Å². The Labute approximate surface area is 171 Å². The van der Waals surface area contributed by atoms with Gasteiger partial charge in [-0.25, -0.2) is 0 Å². The molecule has 1 amide bonds. The van der Waals surface area contributed by atoms with E-state index >= 15 is 0 Å². The minimum atomic E-state index is -0.107. The third-order valence-electron chi connectivity index (χ3n) is 6.26. The summed E-state index contributed by atoms with van der Waals surface area (Å²) in [5, 5.41) is 10.3. The number of rotatable bonds is 6. The molecule has 0 radical (unpaired) electrons. The monoisotopic (exact) mass is 398 g/mol. The van der Waals surface area contributed by atoms with Gasteiger partial charge in [-0.15, -0.1) is 0 Å². The molecule has 0 spiro atoms. The molecule has 2 saturated heterocycles. The Kier molecular flexibility index (Phi) is 6.04. The second kappa shape index (κ2) is 8.86. The normalized spacial score (nSPS) is 22.0. The van der Waals surface area contributed by atoms with E-state index < -0.39 is 0 Å². The van der Waals surface area contributed by atoms with Crippen LogP contribution >= 0.6 is 0 Å². The number of carbonyl (C=O) groups excluding carboxylic acids is 1. The number of aromatic nitrogens is 2. The summed E-state index contributed by atoms with van der Waals surface area (Å²) in [4.78, 5) is 15.3. The van der Waals surface area contributed by atoms with Crippen LogP contribution in [-0.4, -0.2) is 60.9 Å². The molecule has 2 unspecified atom stereocenters. The number of hydrogen-bond donors (Lipinski definition) is 2. The molecule has 1 aromatic carbocycles. The molecule has 0 aliphatic carbocycles. The van der Waals surface area contributed by atoms with Crippen molar-refractivity contribution in [2.75, 3.05) is 33.9 Å². The van der Waals surface area contributed by atoms with Gasteiger partial charge in [-0.2, -0.15) is 5.10 Å². The zero-order valence-corrected chi connectivity index (χ0v) is 17.2. The zero-order valence-electron chi connectivity index (χ0n) is 17.2. The summed E-state index contributed by atoms with van der Waals surface area (Å²) in [6, 6.07) is 7.94. The van der Waals surface area contributed by atoms with Gasteiger partial charge in [0, 0.05) is 24.2 Å². The lowest BCUT2D eigenvalue weighted by atomic mass is 9.83. The average Bonchev–Trinajstić information content (AvgIpc) is 3.27. The summed E-state index contributed by atoms with van der Waals surface area (Å²) in [7, 11) is 3.22. The van der Waals surface area contributed by atoms with Gasteiger partial charge in [0.2, 0.25) is 0 Å². The highest BCUT2D eigenvalue weighted by Crippen LogP contribution is 2.33. The summed E-state index contributed by atoms with van der Waals surface area (Å²) < 4.78 is 10.7. The van der Waals surface area contributed by atoms with Crippen LogP contribution in [0.1, 0.15) is 42.6 Å². The smallest absolute Gasteiger partial charge is 0.269 e. The predicted octanol–water partition coefficient (Wildman–Crippen LogP) is 3.09. The van der Waals surface area contributed by atoms with Gasteiger partial charge in [0.1, 0.15) is 17.2 Å². The van der Waals surface area contributed by atoms with Gasteiger partial charge in [0.05, 0.1) is 19.9 Å². The number of benzene rings is 1. The fourth-order valence-electron chi connectivity index (χ4n) is 4.72. The van der Waals surface area contributed by atoms with E-state index in [1.54, 1.807) is 20.3 Å². The molecule has 3 heterocycles. The van der Waals surface area contributed by atoms with E-state index in [1.807, 2.05) is 18.2 Å². The topological polar surface area (TPSA) is 79.5 Å². The molecular formula is C22H30N4O3. The standard InChI is InChI=1S/C22H30N4O3/c1-28-16-8-9-17(21(12-16)29-2)18-13-19(25-24-18)22(27)23-14-15-6-5-11-26-10-4-3-7-20(15)26/h8-9,12-13,15,20H,3-7,10-11,14H2,1-2H3,(H,23,27)(H,24,25). The second-order valence-corrected chi connectivity index (χ2v) is 7.94. The number of fused-ring (bicyclic) bond motifs is 1. The maximum absolute atomic E-state index is 12.7. The second-order valence-electron chi connectivity index (χ2n) is 7.94. The fourth-order valence-corrected chi connectivity index (χ4v) is 4.72. The van der Waals surface area contributed by atoms with Crippen LogP contribution in [-0.2, 0) is 0 Å². The first-order valence-corrected chi connectivity index (χ1v) is 10.5. The lowest BCUT2D eigenvalue weighted by Crippen LogP contribution is -2.51. The third-order valence-corrected chi connectivity index (χ3v) is 6.26. The van der Waals surface area contributed by atoms with Crippen LogP contribution in [0.25, 0.3) is 11.3 Å². The average molecular weight is 399 g/mol. The Morgan fingerprint density at radius 1 is 1.17 bits per heavy atom. The van der Waals surface area contributed by atoms with Gasteiger partial charge in [0.25, 0.3) is 5.91 Å². The van der Waals surface area contributed by atoms with E-state index in [-0.39, 0.29) is 5.91 Å². The van der Waals surface area contributed by atoms with Crippen molar-refractivity contribution in [3.63, 3.8) is 0 Å². The molecule has 4 rings (SSSR count). The molecule has 1 aromatic heterocycles. The lowest BCUT2D eigenvalue weighted by molar-refractivity contribution is 0.0575. The molecule has 7 nitrogen and oxygen atoms in total. The Morgan fingerprint density at radius 3 is 2.86 bits per heavy atom. The van der Waals surface area contributed by atoms with Crippen molar-refractivity contribution in [2.45, 2.75) is 38.1 Å². The summed E-state index contributed by atoms with van der Waals surface area (Å²) in [6.45, 7) is 3.14. The van der Waals surface area contributed by atoms with Crippen LogP contribution in [0, 0.1) is 5.92 Å². The number of aromatic amines is 1. The van der Waals surface area contributed by atoms with Gasteiger partial charge in [-0.3, -0.25) is 9.89 Å². The lowest BCUT2D eigenvalue weighted by Gasteiger charge is -2.44. The summed E-state index contributed by atoms with van der Waals surface area (Å²) >= 11 is 0. The highest BCUT2D eigenvalue weighted by molar-refractivity contribution is 5.93. The molecule has 2 N–H and O–H groups in total. The van der Waals surface area contributed by atoms with Crippen molar-refractivity contribution < 1.29 is 14.3 Å². The van der Waals surface area contributed by atoms with Gasteiger partial charge >= 0.3 is 0 Å². The SMILES string of the molecule is COc1ccc(-c2cc(C(=O)NCC3CCCN4CCCCC34)[nH]n2)c(OC)c1. The third kappa shape index (κ3) is 4.24. The van der Waals surface area contributed by atoms with E-state index in [0.29, 0.717) is 34.8 Å². The molecule has 0 saturated carbocycles. The number of hydrogen-bond acceptors (Lipinski definition) is 5. The Balaban J connectivity index is 1.41. The number of nitrogens with one attached hydrogen (secondary N) is 2. The van der Waals surface area contributed by atoms with Crippen LogP contribution in [0.3, 0.4) is 0 Å². The van der Waals surface area contributed by atoms with Gasteiger partial charge in [0.15, 0.2) is 0 Å². The Hall–Kier alpha value is -2.54. The fraction of sp³-hybridized carbons (Fsp3) is 0.545. The molecular weight excluding hydrogens is 368 g/mol. The molecule has 2 aromatic rings. The van der Waals surface area contributed by atoms with Crippen LogP contribution in [0.2, 0.25) is 0 Å². The molecule has 2 aliphatic heterocycles. The number of piperidine rings is 2. The molecule has 29 heavy (non-hydrogen) atoms. The van der Waals surface area contributed by atoms with Gasteiger partial charge < -0.3 is 19.7 Å². The molecule has 156 valence electrons. The first-order valence-electron chi connectivity index (χ1n) is 10.5. The van der Waals surface area contributed by atoms with Crippen molar-refractivity contribution >= 4 is 5.91 Å². The largest absolute Gasteiger partial charge is 0.497 e. The number of carbonyl (C=O) groups is 1. The molecule has 2 aliphatic rings. The summed E-state index contributed by atoms with van der Waals surface area (Å²) in [6.07, 6.45) is 6.29. The molecule has 0 bridgehead atoms. The van der Waals surface area contributed by atoms with Crippen molar-refractivity contribution in [3.05, 3.63) is 30.0 Å². The zero-order chi connectivity index (χ0) is 20.2. The van der Waals surface area contributed by atoms with Crippen molar-refractivity contribution in [1.29, 1.82) is 0 Å². The maximum atomic E-state index is 12.7. The summed E-state index contributed by atoms with van der Waals surface area (Å²) in [5.74, 6) is 1.80. The minimum Gasteiger partial charge on any atom is -0.497 e. The number of nitrogens with zero attached hydrogens (tertiary/aromatic N) is 2. The van der Waals surface area contributed by atoms with Crippen LogP contribution in [0.4, 0.5) is 0 Å². The highest BCUT2D eigenvalue weighted by atomic mass is 16.5. The minimum absolute atomic E-state index is 0.107. The predicted molar refractivity (Wildman–Crippen MR) is 111 cm³/mol. The van der Waals surface area contributed by atoms with E-state index in [1.165, 1.54) is 45.2 Å². The molecule has 7 heteroatoms. The Morgan fingerprint density at radius 2 is 2.03 bits per heavy atom. The van der Waals surface area contributed by atoms with Crippen molar-refractivity contribution in [1.82, 2.24) is 20.4 Å². The van der Waals surface area contributed by atoms with Crippen LogP contribution in [0.15, 0.2) is 24.3 Å². The van der Waals surface area contributed by atoms with Gasteiger partial charge in [-0.1, -0.05) is 6.42 Å². The van der Waals surface area contributed by atoms with E-state index in [2.05, 4.69) is 20.4 Å². The molecule has 2 fully saturated rings. The van der Waals surface area contributed by atoms with Gasteiger partial charge in [-0.05, 0) is 62.9 Å². The first kappa shape index (κ1) is 19.8. The maximum Gasteiger partial charge on any atom is 0.269 e. The van der Waals surface area contributed by atoms with Crippen molar-refractivity contribution in [3.8, 4) is 22.8 Å². The summed E-state index contributed by atoms with van der Waals surface area (Å²) in [5.41, 5.74) is 1.95. The van der Waals surface area contributed by atoms with E-state index in [0.717, 1.165) is 12.1 Å². The highest BCUT2D eigenvalue weighted by Gasteiger charge is 2.33. The number of methoxy groups -OCH3 is 2. The number of amides is 1. The Bertz CT molecular complexity index is 848. The molecule has 2 atom stereocenters. The first-order chi connectivity index (χ1) is 14.2. The van der Waals surface area contributed by atoms with Crippen molar-refractivity contribution in [2.24, 2.45) is 5.92 Å².